The topological polar surface area (TPSA) is 166 Å². The summed E-state index contributed by atoms with van der Waals surface area (Å²) in [5, 5.41) is 34.0. The molecule has 1 aromatic carbocycles. The number of nitro benzene ring substituents is 1. The van der Waals surface area contributed by atoms with Gasteiger partial charge in [0.2, 0.25) is 0 Å². The Balaban J connectivity index is 3.18. The highest BCUT2D eigenvalue weighted by molar-refractivity contribution is 7.90. The number of aliphatic hydroxyl groups excluding tert-OH is 2. The first kappa shape index (κ1) is 17.9. The molecule has 22 heavy (non-hydrogen) atoms. The van der Waals surface area contributed by atoms with Crippen molar-refractivity contribution in [1.29, 1.82) is 0 Å². The summed E-state index contributed by atoms with van der Waals surface area (Å²) in [6, 6.07) is 3.02. The van der Waals surface area contributed by atoms with Crippen molar-refractivity contribution in [2.45, 2.75) is 23.5 Å². The van der Waals surface area contributed by atoms with Crippen molar-refractivity contribution < 1.29 is 23.6 Å². The Morgan fingerprint density at radius 2 is 2.09 bits per heavy atom. The Labute approximate surface area is 125 Å². The Morgan fingerprint density at radius 1 is 1.45 bits per heavy atom. The minimum Gasteiger partial charge on any atom is -0.390 e. The molecule has 0 saturated heterocycles. The lowest BCUT2D eigenvalue weighted by atomic mass is 10.0. The number of nitro groups is 1. The fraction of sp³-hybridized carbons (Fsp3) is 0.455. The van der Waals surface area contributed by atoms with E-state index in [1.807, 2.05) is 0 Å². The van der Waals surface area contributed by atoms with Gasteiger partial charge in [-0.1, -0.05) is 5.11 Å². The predicted octanol–water partition coefficient (Wildman–Crippen LogP) is 1.09. The highest BCUT2D eigenvalue weighted by atomic mass is 32.2. The number of rotatable bonds is 7. The van der Waals surface area contributed by atoms with E-state index in [1.165, 1.54) is 0 Å². The van der Waals surface area contributed by atoms with Gasteiger partial charge in [0.1, 0.15) is 6.10 Å². The van der Waals surface area contributed by atoms with Crippen LogP contribution in [0.25, 0.3) is 10.4 Å². The average molecular weight is 330 g/mol. The molecular weight excluding hydrogens is 316 g/mol. The summed E-state index contributed by atoms with van der Waals surface area (Å²) in [5.74, 6) is 0. The fourth-order valence-electron chi connectivity index (χ4n) is 1.76. The third kappa shape index (κ3) is 4.40. The first-order valence-electron chi connectivity index (χ1n) is 6.04. The van der Waals surface area contributed by atoms with Crippen LogP contribution in [0.15, 0.2) is 28.2 Å². The summed E-state index contributed by atoms with van der Waals surface area (Å²) in [7, 11) is -3.64. The molecule has 0 aromatic heterocycles. The molecule has 10 nitrogen and oxygen atoms in total. The summed E-state index contributed by atoms with van der Waals surface area (Å²) in [6.45, 7) is -0.0933. The lowest BCUT2D eigenvalue weighted by Crippen LogP contribution is -2.20. The molecule has 0 aliphatic carbocycles. The lowest BCUT2D eigenvalue weighted by molar-refractivity contribution is -0.386. The number of hydrogen-bond acceptors (Lipinski definition) is 7. The van der Waals surface area contributed by atoms with Gasteiger partial charge in [-0.05, 0) is 24.1 Å². The average Bonchev–Trinajstić information content (AvgIpc) is 2.44. The Hall–Kier alpha value is -2.20. The zero-order valence-electron chi connectivity index (χ0n) is 11.5. The highest BCUT2D eigenvalue weighted by Crippen LogP contribution is 2.30. The van der Waals surface area contributed by atoms with Crippen molar-refractivity contribution in [2.24, 2.45) is 5.11 Å². The number of sulfone groups is 1. The zero-order valence-corrected chi connectivity index (χ0v) is 12.3. The van der Waals surface area contributed by atoms with Crippen molar-refractivity contribution in [3.05, 3.63) is 44.3 Å². The second-order valence-electron chi connectivity index (χ2n) is 4.51. The maximum atomic E-state index is 11.4. The Bertz CT molecular complexity index is 713. The zero-order chi connectivity index (χ0) is 16.9. The molecule has 0 heterocycles. The van der Waals surface area contributed by atoms with Crippen molar-refractivity contribution in [2.75, 3.05) is 12.8 Å². The molecule has 2 N–H and O–H groups in total. The highest BCUT2D eigenvalue weighted by Gasteiger charge is 2.27. The van der Waals surface area contributed by atoms with E-state index in [0.717, 1.165) is 24.5 Å². The molecule has 0 radical (unpaired) electrons. The van der Waals surface area contributed by atoms with E-state index in [2.05, 4.69) is 10.0 Å². The van der Waals surface area contributed by atoms with Crippen molar-refractivity contribution in [1.82, 2.24) is 0 Å². The van der Waals surface area contributed by atoms with E-state index in [9.17, 15) is 28.7 Å². The van der Waals surface area contributed by atoms with Gasteiger partial charge in [0.15, 0.2) is 9.84 Å². The molecule has 1 aromatic rings. The van der Waals surface area contributed by atoms with Gasteiger partial charge in [-0.15, -0.1) is 0 Å². The van der Waals surface area contributed by atoms with Gasteiger partial charge in [-0.2, -0.15) is 0 Å². The summed E-state index contributed by atoms with van der Waals surface area (Å²) in [4.78, 5) is 12.4. The van der Waals surface area contributed by atoms with Crippen LogP contribution in [0.2, 0.25) is 0 Å². The van der Waals surface area contributed by atoms with E-state index in [1.54, 1.807) is 0 Å². The summed E-state index contributed by atoms with van der Waals surface area (Å²) in [6.07, 6.45) is -2.20. The van der Waals surface area contributed by atoms with Crippen LogP contribution >= 0.6 is 0 Å². The van der Waals surface area contributed by atoms with E-state index < -0.39 is 32.7 Å². The summed E-state index contributed by atoms with van der Waals surface area (Å²) in [5.41, 5.74) is 7.30. The number of hydrogen-bond donors (Lipinski definition) is 2. The molecule has 11 heteroatoms. The van der Waals surface area contributed by atoms with E-state index in [-0.39, 0.29) is 23.4 Å². The molecule has 1 rings (SSSR count). The van der Waals surface area contributed by atoms with Crippen LogP contribution < -0.4 is 0 Å². The van der Waals surface area contributed by atoms with Gasteiger partial charge in [-0.3, -0.25) is 10.1 Å². The molecule has 0 aliphatic rings. The van der Waals surface area contributed by atoms with Crippen LogP contribution in [-0.2, 0) is 9.84 Å². The smallest absolute Gasteiger partial charge is 0.276 e. The quantitative estimate of drug-likeness (QED) is 0.249. The number of aliphatic hydroxyl groups is 2. The maximum Gasteiger partial charge on any atom is 0.276 e. The molecule has 120 valence electrons. The van der Waals surface area contributed by atoms with Crippen molar-refractivity contribution in [3.63, 3.8) is 0 Å². The molecule has 0 bridgehead atoms. The Kier molecular flexibility index (Phi) is 5.83. The van der Waals surface area contributed by atoms with Gasteiger partial charge < -0.3 is 10.2 Å². The standard InChI is InChI=1S/C11H14N4O6S/c1-22(20,21)7-2-3-8(9(6-7)15(18)19)11(17)10(16)4-5-13-14-12/h2-3,6,10-11,16-17H,4-5H2,1H3. The normalized spacial score (nSPS) is 14.0. The van der Waals surface area contributed by atoms with Gasteiger partial charge in [0, 0.05) is 23.8 Å². The second-order valence-corrected chi connectivity index (χ2v) is 6.52. The van der Waals surface area contributed by atoms with Crippen molar-refractivity contribution in [3.8, 4) is 0 Å². The van der Waals surface area contributed by atoms with Gasteiger partial charge in [-0.25, -0.2) is 8.42 Å². The Morgan fingerprint density at radius 3 is 2.59 bits per heavy atom. The lowest BCUT2D eigenvalue weighted by Gasteiger charge is -2.17. The van der Waals surface area contributed by atoms with Gasteiger partial charge in [0.05, 0.1) is 21.5 Å². The molecule has 2 unspecified atom stereocenters. The van der Waals surface area contributed by atoms with Crippen LogP contribution in [-0.4, -0.2) is 42.5 Å². The minimum absolute atomic E-state index is 0.0933. The number of nitrogens with zero attached hydrogens (tertiary/aromatic N) is 4. The third-order valence-corrected chi connectivity index (χ3v) is 4.01. The van der Waals surface area contributed by atoms with Crippen LogP contribution in [0.3, 0.4) is 0 Å². The molecule has 0 saturated carbocycles. The van der Waals surface area contributed by atoms with Crippen LogP contribution in [0.4, 0.5) is 5.69 Å². The molecule has 2 atom stereocenters. The number of azide groups is 1. The molecule has 0 fully saturated rings. The summed E-state index contributed by atoms with van der Waals surface area (Å²) >= 11 is 0. The van der Waals surface area contributed by atoms with Crippen molar-refractivity contribution >= 4 is 15.5 Å². The van der Waals surface area contributed by atoms with Crippen LogP contribution in [0, 0.1) is 10.1 Å². The largest absolute Gasteiger partial charge is 0.390 e. The van der Waals surface area contributed by atoms with Gasteiger partial charge >= 0.3 is 0 Å². The first-order chi connectivity index (χ1) is 10.2. The third-order valence-electron chi connectivity index (χ3n) is 2.90. The van der Waals surface area contributed by atoms with Crippen LogP contribution in [0.1, 0.15) is 18.1 Å². The SMILES string of the molecule is CS(=O)(=O)c1ccc(C(O)C(O)CCN=[N+]=[N-])c([N+](=O)[O-])c1. The fourth-order valence-corrected chi connectivity index (χ4v) is 2.40. The van der Waals surface area contributed by atoms with E-state index in [0.29, 0.717) is 0 Å². The molecule has 0 amide bonds. The molecule has 0 aliphatic heterocycles. The monoisotopic (exact) mass is 330 g/mol. The summed E-state index contributed by atoms with van der Waals surface area (Å²) < 4.78 is 22.8. The van der Waals surface area contributed by atoms with Gasteiger partial charge in [0.25, 0.3) is 5.69 Å². The maximum absolute atomic E-state index is 11.4. The van der Waals surface area contributed by atoms with Crippen LogP contribution in [0.5, 0.6) is 0 Å². The number of benzene rings is 1. The first-order valence-corrected chi connectivity index (χ1v) is 7.93. The minimum atomic E-state index is -3.64. The molecular formula is C11H14N4O6S. The molecule has 0 spiro atoms. The second kappa shape index (κ2) is 7.18. The predicted molar refractivity (Wildman–Crippen MR) is 75.8 cm³/mol. The van der Waals surface area contributed by atoms with E-state index in [4.69, 9.17) is 5.53 Å². The van der Waals surface area contributed by atoms with E-state index >= 15 is 0 Å².